The van der Waals surface area contributed by atoms with Gasteiger partial charge in [-0.05, 0) is 0 Å². The van der Waals surface area contributed by atoms with Crippen molar-refractivity contribution < 1.29 is 24.2 Å². The van der Waals surface area contributed by atoms with Gasteiger partial charge in [-0.3, -0.25) is 14.5 Å². The van der Waals surface area contributed by atoms with E-state index in [0.717, 1.165) is 0 Å². The molecule has 0 aliphatic carbocycles. The molecule has 0 saturated carbocycles. The van der Waals surface area contributed by atoms with Crippen LogP contribution in [0.2, 0.25) is 0 Å². The molecule has 2 fully saturated rings. The fourth-order valence-corrected chi connectivity index (χ4v) is 1.46. The van der Waals surface area contributed by atoms with Crippen LogP contribution < -0.4 is 5.32 Å². The number of imide groups is 1. The Balaban J connectivity index is 2.16. The van der Waals surface area contributed by atoms with Crippen LogP contribution >= 0.6 is 0 Å². The maximum Gasteiger partial charge on any atom is 0.325 e. The Morgan fingerprint density at radius 2 is 2.21 bits per heavy atom. The van der Waals surface area contributed by atoms with Gasteiger partial charge in [-0.25, -0.2) is 4.79 Å². The average Bonchev–Trinajstić information content (AvgIpc) is 2.27. The molecule has 0 unspecified atom stereocenters. The molecule has 2 aliphatic rings. The van der Waals surface area contributed by atoms with E-state index in [-0.39, 0.29) is 13.2 Å². The van der Waals surface area contributed by atoms with Crippen LogP contribution in [0, 0.1) is 0 Å². The van der Waals surface area contributed by atoms with Crippen molar-refractivity contribution in [2.24, 2.45) is 0 Å². The highest BCUT2D eigenvalue weighted by molar-refractivity contribution is 6.09. The lowest BCUT2D eigenvalue weighted by molar-refractivity contribution is -0.151. The molecule has 0 aromatic heterocycles. The summed E-state index contributed by atoms with van der Waals surface area (Å²) in [7, 11) is 0. The smallest absolute Gasteiger partial charge is 0.325 e. The summed E-state index contributed by atoms with van der Waals surface area (Å²) in [6, 6.07) is -0.666. The van der Waals surface area contributed by atoms with Crippen molar-refractivity contribution in [2.45, 2.75) is 5.54 Å². The van der Waals surface area contributed by atoms with Crippen LogP contribution in [0.3, 0.4) is 0 Å². The number of nitrogens with one attached hydrogen (secondary N) is 1. The van der Waals surface area contributed by atoms with Crippen molar-refractivity contribution in [1.82, 2.24) is 10.2 Å². The third kappa shape index (κ3) is 1.06. The minimum absolute atomic E-state index is 0.119. The van der Waals surface area contributed by atoms with Crippen molar-refractivity contribution in [3.8, 4) is 0 Å². The van der Waals surface area contributed by atoms with Crippen LogP contribution in [0.5, 0.6) is 0 Å². The molecule has 0 atom stereocenters. The van der Waals surface area contributed by atoms with Crippen LogP contribution in [0.1, 0.15) is 0 Å². The second-order valence-electron chi connectivity index (χ2n) is 3.29. The van der Waals surface area contributed by atoms with Gasteiger partial charge in [-0.2, -0.15) is 0 Å². The molecule has 2 aliphatic heterocycles. The van der Waals surface area contributed by atoms with E-state index < -0.39 is 30.0 Å². The Labute approximate surface area is 78.6 Å². The van der Waals surface area contributed by atoms with Crippen molar-refractivity contribution in [1.29, 1.82) is 0 Å². The number of ether oxygens (including phenoxy) is 1. The zero-order valence-corrected chi connectivity index (χ0v) is 7.15. The fourth-order valence-electron chi connectivity index (χ4n) is 1.46. The summed E-state index contributed by atoms with van der Waals surface area (Å²) in [5.41, 5.74) is -0.994. The molecular weight excluding hydrogens is 192 g/mol. The monoisotopic (exact) mass is 200 g/mol. The summed E-state index contributed by atoms with van der Waals surface area (Å²) in [5.74, 6) is -1.73. The molecule has 0 aromatic rings. The Bertz CT molecular complexity index is 322. The molecule has 0 radical (unpaired) electrons. The largest absolute Gasteiger partial charge is 0.480 e. The number of carbonyl (C=O) groups is 3. The van der Waals surface area contributed by atoms with E-state index in [1.165, 1.54) is 0 Å². The van der Waals surface area contributed by atoms with Crippen LogP contribution in [-0.4, -0.2) is 53.2 Å². The van der Waals surface area contributed by atoms with Gasteiger partial charge in [0.15, 0.2) is 5.54 Å². The maximum absolute atomic E-state index is 11.6. The number of rotatable bonds is 2. The van der Waals surface area contributed by atoms with Gasteiger partial charge in [0.25, 0.3) is 5.91 Å². The highest BCUT2D eigenvalue weighted by atomic mass is 16.5. The molecule has 3 amide bonds. The first-order chi connectivity index (χ1) is 6.55. The number of aliphatic carboxylic acids is 1. The Morgan fingerprint density at radius 1 is 1.57 bits per heavy atom. The molecule has 0 aromatic carbocycles. The van der Waals surface area contributed by atoms with E-state index in [0.29, 0.717) is 4.90 Å². The third-order valence-corrected chi connectivity index (χ3v) is 2.24. The second kappa shape index (κ2) is 2.68. The van der Waals surface area contributed by atoms with Gasteiger partial charge in [-0.1, -0.05) is 0 Å². The van der Waals surface area contributed by atoms with Gasteiger partial charge >= 0.3 is 12.0 Å². The molecule has 1 spiro atoms. The molecule has 7 nitrogen and oxygen atoms in total. The number of nitrogens with zero attached hydrogens (tertiary/aromatic N) is 1. The third-order valence-electron chi connectivity index (χ3n) is 2.24. The van der Waals surface area contributed by atoms with Gasteiger partial charge in [-0.15, -0.1) is 0 Å². The molecule has 14 heavy (non-hydrogen) atoms. The standard InChI is InChI=1S/C7H8N2O5/c10-4(11)1-9-5(12)7(2-14-3-7)8-6(9)13/h1-3H2,(H,8,13)(H,10,11). The number of carbonyl (C=O) groups excluding carboxylic acids is 2. The fraction of sp³-hybridized carbons (Fsp3) is 0.571. The van der Waals surface area contributed by atoms with Gasteiger partial charge < -0.3 is 15.2 Å². The number of hydrogen-bond donors (Lipinski definition) is 2. The predicted octanol–water partition coefficient (Wildman–Crippen LogP) is -1.61. The Hall–Kier alpha value is -1.63. The summed E-state index contributed by atoms with van der Waals surface area (Å²) in [6.45, 7) is -0.367. The first kappa shape index (κ1) is 8.95. The lowest BCUT2D eigenvalue weighted by Gasteiger charge is -2.34. The van der Waals surface area contributed by atoms with Crippen LogP contribution in [0.25, 0.3) is 0 Å². The molecule has 7 heteroatoms. The lowest BCUT2D eigenvalue weighted by Crippen LogP contribution is -2.62. The van der Waals surface area contributed by atoms with E-state index in [4.69, 9.17) is 9.84 Å². The summed E-state index contributed by atoms with van der Waals surface area (Å²) in [4.78, 5) is 33.8. The van der Waals surface area contributed by atoms with E-state index in [1.54, 1.807) is 0 Å². The lowest BCUT2D eigenvalue weighted by atomic mass is 9.98. The molecule has 2 heterocycles. The summed E-state index contributed by atoms with van der Waals surface area (Å²) in [5, 5.41) is 10.9. The Morgan fingerprint density at radius 3 is 2.57 bits per heavy atom. The predicted molar refractivity (Wildman–Crippen MR) is 41.4 cm³/mol. The number of hydrogen-bond acceptors (Lipinski definition) is 4. The van der Waals surface area contributed by atoms with Crippen LogP contribution in [0.4, 0.5) is 4.79 Å². The molecule has 2 N–H and O–H groups in total. The van der Waals surface area contributed by atoms with Crippen molar-refractivity contribution in [2.75, 3.05) is 19.8 Å². The summed E-state index contributed by atoms with van der Waals surface area (Å²) < 4.78 is 4.82. The first-order valence-electron chi connectivity index (χ1n) is 3.99. The first-order valence-corrected chi connectivity index (χ1v) is 3.99. The molecule has 2 rings (SSSR count). The van der Waals surface area contributed by atoms with Gasteiger partial charge in [0, 0.05) is 0 Å². The quantitative estimate of drug-likeness (QED) is 0.523. The highest BCUT2D eigenvalue weighted by Gasteiger charge is 2.56. The zero-order chi connectivity index (χ0) is 10.3. The summed E-state index contributed by atoms with van der Waals surface area (Å²) >= 11 is 0. The molecule has 76 valence electrons. The van der Waals surface area contributed by atoms with E-state index in [9.17, 15) is 14.4 Å². The molecule has 0 bridgehead atoms. The van der Waals surface area contributed by atoms with Gasteiger partial charge in [0.2, 0.25) is 0 Å². The maximum atomic E-state index is 11.6. The average molecular weight is 200 g/mol. The van der Waals surface area contributed by atoms with Gasteiger partial charge in [0.1, 0.15) is 6.54 Å². The minimum atomic E-state index is -1.22. The second-order valence-corrected chi connectivity index (χ2v) is 3.29. The van der Waals surface area contributed by atoms with E-state index >= 15 is 0 Å². The highest BCUT2D eigenvalue weighted by Crippen LogP contribution is 2.25. The molecule has 2 saturated heterocycles. The number of amides is 3. The zero-order valence-electron chi connectivity index (χ0n) is 7.15. The van der Waals surface area contributed by atoms with Crippen molar-refractivity contribution >= 4 is 17.9 Å². The van der Waals surface area contributed by atoms with E-state index in [2.05, 4.69) is 5.32 Å². The topological polar surface area (TPSA) is 95.9 Å². The van der Waals surface area contributed by atoms with E-state index in [1.807, 2.05) is 0 Å². The SMILES string of the molecule is O=C(O)CN1C(=O)NC2(COC2)C1=O. The number of carboxylic acid groups (broad SMARTS) is 1. The van der Waals surface area contributed by atoms with Crippen LogP contribution in [-0.2, 0) is 14.3 Å². The minimum Gasteiger partial charge on any atom is -0.480 e. The molecular formula is C7H8N2O5. The summed E-state index contributed by atoms with van der Waals surface area (Å²) in [6.07, 6.45) is 0. The van der Waals surface area contributed by atoms with Crippen LogP contribution in [0.15, 0.2) is 0 Å². The Kier molecular flexibility index (Phi) is 1.71. The van der Waals surface area contributed by atoms with Crippen molar-refractivity contribution in [3.05, 3.63) is 0 Å². The number of carboxylic acids is 1. The normalized spacial score (nSPS) is 23.6. The number of urea groups is 1. The van der Waals surface area contributed by atoms with Gasteiger partial charge in [0.05, 0.1) is 13.2 Å². The van der Waals surface area contributed by atoms with Crippen molar-refractivity contribution in [3.63, 3.8) is 0 Å².